The average Bonchev–Trinajstić information content (AvgIpc) is 3.13. The number of hydrogen-bond donors (Lipinski definition) is 1. The molecule has 0 aromatic heterocycles. The van der Waals surface area contributed by atoms with Crippen LogP contribution >= 0.6 is 0 Å². The van der Waals surface area contributed by atoms with Gasteiger partial charge in [-0.25, -0.2) is 12.7 Å². The lowest BCUT2D eigenvalue weighted by molar-refractivity contribution is -0.152. The molecule has 19 heavy (non-hydrogen) atoms. The van der Waals surface area contributed by atoms with Crippen molar-refractivity contribution in [3.63, 3.8) is 0 Å². The van der Waals surface area contributed by atoms with E-state index >= 15 is 0 Å². The molecule has 0 aromatic rings. The summed E-state index contributed by atoms with van der Waals surface area (Å²) in [5.41, 5.74) is -0.708. The summed E-state index contributed by atoms with van der Waals surface area (Å²) in [6.45, 7) is 2.70. The quantitative estimate of drug-likeness (QED) is 0.807. The molecule has 0 radical (unpaired) electrons. The number of rotatable bonds is 6. The third kappa shape index (κ3) is 3.28. The zero-order valence-corrected chi connectivity index (χ0v) is 12.3. The number of carboxylic acids is 1. The normalized spacial score (nSPS) is 24.3. The molecule has 6 heteroatoms. The van der Waals surface area contributed by atoms with Crippen molar-refractivity contribution in [2.24, 2.45) is 11.3 Å². The predicted octanol–water partition coefficient (Wildman–Crippen LogP) is 1.69. The Labute approximate surface area is 115 Å². The van der Waals surface area contributed by atoms with Crippen molar-refractivity contribution in [2.45, 2.75) is 45.4 Å². The van der Waals surface area contributed by atoms with Gasteiger partial charge in [-0.1, -0.05) is 13.3 Å². The van der Waals surface area contributed by atoms with Gasteiger partial charge in [0.25, 0.3) is 0 Å². The zero-order valence-electron chi connectivity index (χ0n) is 11.5. The fourth-order valence-corrected chi connectivity index (χ4v) is 4.81. The molecule has 2 rings (SSSR count). The Morgan fingerprint density at radius 3 is 2.32 bits per heavy atom. The molecule has 1 saturated carbocycles. The molecule has 0 aromatic carbocycles. The summed E-state index contributed by atoms with van der Waals surface area (Å²) in [5.74, 6) is -0.179. The van der Waals surface area contributed by atoms with Crippen LogP contribution in [0.1, 0.15) is 45.4 Å². The third-order valence-electron chi connectivity index (χ3n) is 4.40. The Morgan fingerprint density at radius 2 is 1.89 bits per heavy atom. The molecule has 2 fully saturated rings. The van der Waals surface area contributed by atoms with Crippen LogP contribution in [-0.2, 0) is 14.8 Å². The monoisotopic (exact) mass is 289 g/mol. The first-order chi connectivity index (χ1) is 8.89. The average molecular weight is 289 g/mol. The minimum absolute atomic E-state index is 0.251. The topological polar surface area (TPSA) is 74.7 Å². The van der Waals surface area contributed by atoms with Crippen LogP contribution < -0.4 is 0 Å². The van der Waals surface area contributed by atoms with E-state index in [0.29, 0.717) is 38.3 Å². The van der Waals surface area contributed by atoms with E-state index in [0.717, 1.165) is 19.3 Å². The molecule has 110 valence electrons. The molecule has 1 aliphatic carbocycles. The van der Waals surface area contributed by atoms with E-state index in [1.165, 1.54) is 4.31 Å². The van der Waals surface area contributed by atoms with E-state index in [2.05, 4.69) is 0 Å². The molecule has 1 N–H and O–H groups in total. The molecule has 0 bridgehead atoms. The van der Waals surface area contributed by atoms with Crippen LogP contribution in [0.3, 0.4) is 0 Å². The number of sulfonamides is 1. The number of carboxylic acid groups (broad SMARTS) is 1. The van der Waals surface area contributed by atoms with Gasteiger partial charge in [0.05, 0.1) is 11.2 Å². The minimum atomic E-state index is -3.17. The number of carbonyl (C=O) groups is 1. The van der Waals surface area contributed by atoms with Gasteiger partial charge in [-0.3, -0.25) is 4.79 Å². The highest BCUT2D eigenvalue weighted by Crippen LogP contribution is 2.38. The van der Waals surface area contributed by atoms with Crippen molar-refractivity contribution in [1.82, 2.24) is 4.31 Å². The molecule has 1 saturated heterocycles. The lowest BCUT2D eigenvalue weighted by Crippen LogP contribution is -2.47. The van der Waals surface area contributed by atoms with Gasteiger partial charge in [-0.15, -0.1) is 0 Å². The summed E-state index contributed by atoms with van der Waals surface area (Å²) >= 11 is 0. The van der Waals surface area contributed by atoms with Crippen LogP contribution in [0.2, 0.25) is 0 Å². The maximum atomic E-state index is 12.2. The SMILES string of the molecule is CCCC1(C(=O)O)CCN(S(=O)(=O)CC2CC2)CC1. The van der Waals surface area contributed by atoms with Gasteiger partial charge in [0.2, 0.25) is 10.0 Å². The Bertz CT molecular complexity index is 434. The van der Waals surface area contributed by atoms with Gasteiger partial charge in [-0.05, 0) is 38.0 Å². The molecule has 0 amide bonds. The van der Waals surface area contributed by atoms with Crippen molar-refractivity contribution in [3.8, 4) is 0 Å². The largest absolute Gasteiger partial charge is 0.481 e. The lowest BCUT2D eigenvalue weighted by Gasteiger charge is -2.38. The summed E-state index contributed by atoms with van der Waals surface area (Å²) in [6, 6.07) is 0. The molecule has 0 spiro atoms. The Hall–Kier alpha value is -0.620. The van der Waals surface area contributed by atoms with Gasteiger partial charge >= 0.3 is 5.97 Å². The highest BCUT2D eigenvalue weighted by molar-refractivity contribution is 7.89. The van der Waals surface area contributed by atoms with Gasteiger partial charge in [0.1, 0.15) is 0 Å². The van der Waals surface area contributed by atoms with Gasteiger partial charge in [0.15, 0.2) is 0 Å². The fourth-order valence-electron chi connectivity index (χ4n) is 2.93. The first-order valence-electron chi connectivity index (χ1n) is 7.11. The predicted molar refractivity (Wildman–Crippen MR) is 72.3 cm³/mol. The molecular formula is C13H23NO4S. The summed E-state index contributed by atoms with van der Waals surface area (Å²) in [5, 5.41) is 9.40. The first-order valence-corrected chi connectivity index (χ1v) is 8.72. The van der Waals surface area contributed by atoms with Crippen molar-refractivity contribution >= 4 is 16.0 Å². The van der Waals surface area contributed by atoms with E-state index in [4.69, 9.17) is 0 Å². The van der Waals surface area contributed by atoms with Crippen molar-refractivity contribution in [1.29, 1.82) is 0 Å². The molecule has 2 aliphatic rings. The van der Waals surface area contributed by atoms with Gasteiger partial charge in [0, 0.05) is 13.1 Å². The maximum absolute atomic E-state index is 12.2. The first kappa shape index (κ1) is 14.8. The number of piperidine rings is 1. The second-order valence-corrected chi connectivity index (χ2v) is 7.97. The van der Waals surface area contributed by atoms with Gasteiger partial charge in [-0.2, -0.15) is 0 Å². The van der Waals surface area contributed by atoms with Crippen LogP contribution in [0.4, 0.5) is 0 Å². The fraction of sp³-hybridized carbons (Fsp3) is 0.923. The van der Waals surface area contributed by atoms with Crippen LogP contribution in [0.5, 0.6) is 0 Å². The van der Waals surface area contributed by atoms with E-state index in [9.17, 15) is 18.3 Å². The number of aliphatic carboxylic acids is 1. The van der Waals surface area contributed by atoms with Crippen molar-refractivity contribution in [3.05, 3.63) is 0 Å². The van der Waals surface area contributed by atoms with Gasteiger partial charge < -0.3 is 5.11 Å². The van der Waals surface area contributed by atoms with E-state index in [-0.39, 0.29) is 5.75 Å². The van der Waals surface area contributed by atoms with Crippen molar-refractivity contribution in [2.75, 3.05) is 18.8 Å². The summed E-state index contributed by atoms with van der Waals surface area (Å²) in [7, 11) is -3.17. The summed E-state index contributed by atoms with van der Waals surface area (Å²) in [6.07, 6.45) is 4.38. The van der Waals surface area contributed by atoms with Crippen LogP contribution in [-0.4, -0.2) is 42.6 Å². The second kappa shape index (κ2) is 5.40. The lowest BCUT2D eigenvalue weighted by atomic mass is 9.75. The van der Waals surface area contributed by atoms with E-state index in [1.54, 1.807) is 0 Å². The summed E-state index contributed by atoms with van der Waals surface area (Å²) < 4.78 is 25.8. The number of hydrogen-bond acceptors (Lipinski definition) is 3. The van der Waals surface area contributed by atoms with Crippen LogP contribution in [0.15, 0.2) is 0 Å². The highest BCUT2D eigenvalue weighted by Gasteiger charge is 2.43. The molecular weight excluding hydrogens is 266 g/mol. The minimum Gasteiger partial charge on any atom is -0.481 e. The molecule has 1 aliphatic heterocycles. The van der Waals surface area contributed by atoms with Crippen molar-refractivity contribution < 1.29 is 18.3 Å². The van der Waals surface area contributed by atoms with Crippen LogP contribution in [0, 0.1) is 11.3 Å². The Kier molecular flexibility index (Phi) is 4.20. The molecule has 0 unspecified atom stereocenters. The standard InChI is InChI=1S/C13H23NO4S/c1-2-5-13(12(15)16)6-8-14(9-7-13)19(17,18)10-11-3-4-11/h11H,2-10H2,1H3,(H,15,16). The smallest absolute Gasteiger partial charge is 0.309 e. The molecule has 0 atom stereocenters. The van der Waals surface area contributed by atoms with E-state index in [1.807, 2.05) is 6.92 Å². The number of nitrogens with zero attached hydrogens (tertiary/aromatic N) is 1. The Balaban J connectivity index is 1.98. The Morgan fingerprint density at radius 1 is 1.32 bits per heavy atom. The second-order valence-electron chi connectivity index (χ2n) is 5.96. The van der Waals surface area contributed by atoms with Crippen LogP contribution in [0.25, 0.3) is 0 Å². The summed E-state index contributed by atoms with van der Waals surface area (Å²) in [4.78, 5) is 11.4. The molecule has 1 heterocycles. The highest BCUT2D eigenvalue weighted by atomic mass is 32.2. The van der Waals surface area contributed by atoms with E-state index < -0.39 is 21.4 Å². The zero-order chi connectivity index (χ0) is 14.1. The maximum Gasteiger partial charge on any atom is 0.309 e. The molecule has 5 nitrogen and oxygen atoms in total. The third-order valence-corrected chi connectivity index (χ3v) is 6.44.